The van der Waals surface area contributed by atoms with Crippen molar-refractivity contribution >= 4 is 23.6 Å². The first-order valence-corrected chi connectivity index (χ1v) is 11.5. The number of nitrogens with one attached hydrogen (secondary N) is 1. The van der Waals surface area contributed by atoms with Crippen LogP contribution in [-0.4, -0.2) is 44.0 Å². The van der Waals surface area contributed by atoms with Crippen molar-refractivity contribution in [3.05, 3.63) is 34.6 Å². The van der Waals surface area contributed by atoms with Crippen LogP contribution >= 0.6 is 11.6 Å². The van der Waals surface area contributed by atoms with Crippen LogP contribution in [0.2, 0.25) is 5.02 Å². The molecule has 1 saturated heterocycles. The van der Waals surface area contributed by atoms with Gasteiger partial charge in [-0.15, -0.1) is 5.10 Å². The van der Waals surface area contributed by atoms with E-state index in [2.05, 4.69) is 39.2 Å². The number of nitrogens with zero attached hydrogens (tertiary/aromatic N) is 6. The number of fused-ring (bicyclic) bond motifs is 2. The summed E-state index contributed by atoms with van der Waals surface area (Å²) in [4.78, 5) is 11.3. The van der Waals surface area contributed by atoms with Gasteiger partial charge in [-0.1, -0.05) is 22.8 Å². The average Bonchev–Trinajstić information content (AvgIpc) is 3.42. The minimum absolute atomic E-state index is 0.104. The maximum atomic E-state index is 6.26. The third-order valence-electron chi connectivity index (χ3n) is 6.43. The molecule has 32 heavy (non-hydrogen) atoms. The van der Waals surface area contributed by atoms with Crippen LogP contribution in [-0.2, 0) is 0 Å². The first-order chi connectivity index (χ1) is 15.4. The maximum Gasteiger partial charge on any atom is 0.324 e. The molecule has 1 N–H and O–H groups in total. The van der Waals surface area contributed by atoms with Crippen molar-refractivity contribution in [2.24, 2.45) is 11.8 Å². The summed E-state index contributed by atoms with van der Waals surface area (Å²) < 4.78 is 13.3. The predicted octanol–water partition coefficient (Wildman–Crippen LogP) is 4.63. The summed E-state index contributed by atoms with van der Waals surface area (Å²) in [5.74, 6) is 2.87. The molecule has 0 radical (unpaired) electrons. The number of halogens is 1. The van der Waals surface area contributed by atoms with Gasteiger partial charge in [0.25, 0.3) is 0 Å². The van der Waals surface area contributed by atoms with Crippen LogP contribution in [0, 0.1) is 25.7 Å². The average molecular weight is 458 g/mol. The fourth-order valence-electron chi connectivity index (χ4n) is 4.75. The molecule has 0 spiro atoms. The van der Waals surface area contributed by atoms with Crippen LogP contribution < -0.4 is 15.0 Å². The van der Waals surface area contributed by atoms with Gasteiger partial charge in [0, 0.05) is 29.7 Å². The van der Waals surface area contributed by atoms with Crippen molar-refractivity contribution in [1.29, 1.82) is 0 Å². The van der Waals surface area contributed by atoms with Crippen LogP contribution in [0.3, 0.4) is 0 Å². The molecule has 9 nitrogen and oxygen atoms in total. The van der Waals surface area contributed by atoms with Crippen molar-refractivity contribution in [2.45, 2.75) is 52.6 Å². The van der Waals surface area contributed by atoms with Gasteiger partial charge in [0.1, 0.15) is 5.75 Å². The Labute approximate surface area is 192 Å². The summed E-state index contributed by atoms with van der Waals surface area (Å²) in [5, 5.41) is 12.9. The minimum atomic E-state index is 0.104. The Bertz CT molecular complexity index is 1100. The number of aromatic nitrogens is 5. The standard InChI is InChI=1S/C22H28ClN7O2/c1-12(2)30-22(31-18-7-5-6-17(23)13(18)3)26-20(27-30)25-19-15-8-9-16(19)11-29(10-15)21-24-14(4)28-32-21/h5-7,12,15-16,19H,8-11H2,1-4H3,(H,25,27). The number of ether oxygens (including phenoxy) is 1. The Morgan fingerprint density at radius 2 is 1.91 bits per heavy atom. The van der Waals surface area contributed by atoms with Crippen molar-refractivity contribution in [3.63, 3.8) is 0 Å². The van der Waals surface area contributed by atoms with Gasteiger partial charge in [-0.05, 0) is 64.5 Å². The quantitative estimate of drug-likeness (QED) is 0.572. The molecule has 10 heteroatoms. The highest BCUT2D eigenvalue weighted by Crippen LogP contribution is 2.40. The van der Waals surface area contributed by atoms with E-state index in [1.165, 1.54) is 0 Å². The highest BCUT2D eigenvalue weighted by Gasteiger charge is 2.43. The van der Waals surface area contributed by atoms with Crippen LogP contribution in [0.25, 0.3) is 0 Å². The number of anilines is 2. The molecule has 170 valence electrons. The van der Waals surface area contributed by atoms with Gasteiger partial charge in [-0.2, -0.15) is 9.97 Å². The second kappa shape index (κ2) is 8.27. The Hall–Kier alpha value is -2.81. The first-order valence-electron chi connectivity index (χ1n) is 11.1. The van der Waals surface area contributed by atoms with Gasteiger partial charge >= 0.3 is 12.0 Å². The Morgan fingerprint density at radius 3 is 2.56 bits per heavy atom. The molecular formula is C22H28ClN7O2. The predicted molar refractivity (Wildman–Crippen MR) is 122 cm³/mol. The lowest BCUT2D eigenvalue weighted by molar-refractivity contribution is 0.340. The smallest absolute Gasteiger partial charge is 0.324 e. The van der Waals surface area contributed by atoms with Crippen LogP contribution in [0.1, 0.15) is 44.1 Å². The van der Waals surface area contributed by atoms with Gasteiger partial charge < -0.3 is 19.5 Å². The molecule has 2 bridgehead atoms. The topological polar surface area (TPSA) is 94.1 Å². The summed E-state index contributed by atoms with van der Waals surface area (Å²) in [5.41, 5.74) is 0.878. The number of hydrogen-bond donors (Lipinski definition) is 1. The van der Waals surface area contributed by atoms with Gasteiger partial charge in [-0.3, -0.25) is 0 Å². The SMILES string of the molecule is Cc1noc(N2CC3CCC(C2)C3Nc2nc(Oc3cccc(Cl)c3C)n(C(C)C)n2)n1. The van der Waals surface area contributed by atoms with E-state index in [0.29, 0.717) is 52.4 Å². The Morgan fingerprint density at radius 1 is 1.16 bits per heavy atom. The molecule has 1 aliphatic carbocycles. The molecule has 5 rings (SSSR count). The van der Waals surface area contributed by atoms with E-state index in [9.17, 15) is 0 Å². The van der Waals surface area contributed by atoms with E-state index in [1.54, 1.807) is 4.68 Å². The molecule has 2 atom stereocenters. The van der Waals surface area contributed by atoms with E-state index in [4.69, 9.17) is 26.0 Å². The normalized spacial score (nSPS) is 22.6. The molecule has 2 unspecified atom stereocenters. The van der Waals surface area contributed by atoms with Gasteiger partial charge in [-0.25, -0.2) is 4.68 Å². The summed E-state index contributed by atoms with van der Waals surface area (Å²) >= 11 is 6.26. The Kier molecular flexibility index (Phi) is 5.44. The van der Waals surface area contributed by atoms with Crippen molar-refractivity contribution < 1.29 is 9.26 Å². The Balaban J connectivity index is 1.34. The van der Waals surface area contributed by atoms with Gasteiger partial charge in [0.05, 0.1) is 6.04 Å². The molecule has 0 amide bonds. The van der Waals surface area contributed by atoms with Gasteiger partial charge in [0.15, 0.2) is 5.82 Å². The van der Waals surface area contributed by atoms with E-state index in [1.807, 2.05) is 32.0 Å². The first kappa shape index (κ1) is 21.1. The second-order valence-corrected chi connectivity index (χ2v) is 9.43. The summed E-state index contributed by atoms with van der Waals surface area (Å²) in [6, 6.07) is 7.10. The van der Waals surface area contributed by atoms with Crippen LogP contribution in [0.4, 0.5) is 12.0 Å². The molecular weight excluding hydrogens is 430 g/mol. The lowest BCUT2D eigenvalue weighted by atomic mass is 9.92. The molecule has 3 aromatic rings. The fourth-order valence-corrected chi connectivity index (χ4v) is 4.92. The molecule has 3 heterocycles. The van der Waals surface area contributed by atoms with Crippen molar-refractivity contribution in [1.82, 2.24) is 24.9 Å². The largest absolute Gasteiger partial charge is 0.424 e. The summed E-state index contributed by atoms with van der Waals surface area (Å²) in [6.07, 6.45) is 2.31. The number of hydrogen-bond acceptors (Lipinski definition) is 8. The number of aryl methyl sites for hydroxylation is 1. The number of rotatable bonds is 6. The highest BCUT2D eigenvalue weighted by molar-refractivity contribution is 6.31. The van der Waals surface area contributed by atoms with E-state index in [0.717, 1.165) is 31.5 Å². The van der Waals surface area contributed by atoms with Crippen molar-refractivity contribution in [3.8, 4) is 11.8 Å². The molecule has 2 fully saturated rings. The molecule has 1 aliphatic heterocycles. The fraction of sp³-hybridized carbons (Fsp3) is 0.545. The molecule has 2 aromatic heterocycles. The van der Waals surface area contributed by atoms with E-state index in [-0.39, 0.29) is 6.04 Å². The lowest BCUT2D eigenvalue weighted by Crippen LogP contribution is -2.48. The maximum absolute atomic E-state index is 6.26. The highest BCUT2D eigenvalue weighted by atomic mass is 35.5. The van der Waals surface area contributed by atoms with E-state index < -0.39 is 0 Å². The summed E-state index contributed by atoms with van der Waals surface area (Å²) in [7, 11) is 0. The lowest BCUT2D eigenvalue weighted by Gasteiger charge is -2.37. The zero-order valence-corrected chi connectivity index (χ0v) is 19.5. The van der Waals surface area contributed by atoms with Gasteiger partial charge in [0.2, 0.25) is 5.95 Å². The molecule has 1 aromatic carbocycles. The zero-order chi connectivity index (χ0) is 22.4. The van der Waals surface area contributed by atoms with Crippen molar-refractivity contribution in [2.75, 3.05) is 23.3 Å². The van der Waals surface area contributed by atoms with Crippen LogP contribution in [0.5, 0.6) is 11.8 Å². The zero-order valence-electron chi connectivity index (χ0n) is 18.7. The minimum Gasteiger partial charge on any atom is -0.424 e. The van der Waals surface area contributed by atoms with Crippen LogP contribution in [0.15, 0.2) is 22.7 Å². The van der Waals surface area contributed by atoms with E-state index >= 15 is 0 Å². The second-order valence-electron chi connectivity index (χ2n) is 9.02. The number of piperidine rings is 1. The molecule has 1 saturated carbocycles. The summed E-state index contributed by atoms with van der Waals surface area (Å²) in [6.45, 7) is 9.66. The third-order valence-corrected chi connectivity index (χ3v) is 6.83. The monoisotopic (exact) mass is 457 g/mol. The molecule has 2 aliphatic rings. The third kappa shape index (κ3) is 3.90. The number of benzene rings is 1.